The van der Waals surface area contributed by atoms with Gasteiger partial charge in [-0.2, -0.15) is 5.26 Å². The molecule has 5 nitrogen and oxygen atoms in total. The van der Waals surface area contributed by atoms with Gasteiger partial charge < -0.3 is 4.74 Å². The number of hydrogen-bond donors (Lipinski definition) is 0. The molecule has 2 aromatic carbocycles. The minimum Gasteiger partial charge on any atom is -0.423 e. The minimum atomic E-state index is -0.745. The fraction of sp³-hybridized carbons (Fsp3) is 0.0952. The lowest BCUT2D eigenvalue weighted by Crippen LogP contribution is -2.30. The normalized spacial score (nSPS) is 10.3. The molecular weight excluding hydrogens is 364 g/mol. The second-order valence-electron chi connectivity index (χ2n) is 5.99. The smallest absolute Gasteiger partial charge is 0.349 e. The molecule has 0 aliphatic carbocycles. The van der Waals surface area contributed by atoms with Crippen molar-refractivity contribution in [2.45, 2.75) is 13.8 Å². The lowest BCUT2D eigenvalue weighted by atomic mass is 10.1. The molecule has 0 atom stereocenters. The summed E-state index contributed by atoms with van der Waals surface area (Å²) in [5.74, 6) is -0.485. The highest BCUT2D eigenvalue weighted by Gasteiger charge is 2.20. The SMILES string of the molecule is Cc1cc(C)n(-c2ccc(Cl)cc2)c(=O)c1C(=O)Oc1ccc(C#N)cc1. The van der Waals surface area contributed by atoms with Crippen LogP contribution in [0.2, 0.25) is 5.02 Å². The van der Waals surface area contributed by atoms with Gasteiger partial charge >= 0.3 is 5.97 Å². The van der Waals surface area contributed by atoms with E-state index in [4.69, 9.17) is 21.6 Å². The van der Waals surface area contributed by atoms with E-state index in [1.54, 1.807) is 44.2 Å². The van der Waals surface area contributed by atoms with E-state index in [9.17, 15) is 9.59 Å². The molecule has 3 rings (SSSR count). The number of carbonyl (C=O) groups is 1. The van der Waals surface area contributed by atoms with Crippen molar-refractivity contribution < 1.29 is 9.53 Å². The Hall–Kier alpha value is -3.36. The number of rotatable bonds is 3. The summed E-state index contributed by atoms with van der Waals surface area (Å²) in [5.41, 5.74) is 1.77. The van der Waals surface area contributed by atoms with Crippen LogP contribution in [0.1, 0.15) is 27.2 Å². The van der Waals surface area contributed by atoms with E-state index in [2.05, 4.69) is 0 Å². The standard InChI is InChI=1S/C21H15ClN2O3/c1-13-11-14(2)24(17-7-5-16(22)6-8-17)20(25)19(13)21(26)27-18-9-3-15(12-23)4-10-18/h3-11H,1-2H3. The number of carbonyl (C=O) groups excluding carboxylic acids is 1. The average molecular weight is 379 g/mol. The molecule has 0 aliphatic heterocycles. The molecule has 0 aliphatic rings. The first-order chi connectivity index (χ1) is 12.9. The van der Waals surface area contributed by atoms with Crippen molar-refractivity contribution in [2.75, 3.05) is 0 Å². The van der Waals surface area contributed by atoms with E-state index in [0.717, 1.165) is 0 Å². The first-order valence-corrected chi connectivity index (χ1v) is 8.50. The van der Waals surface area contributed by atoms with Crippen molar-refractivity contribution in [3.8, 4) is 17.5 Å². The number of nitrogens with zero attached hydrogens (tertiary/aromatic N) is 2. The van der Waals surface area contributed by atoms with Gasteiger partial charge in [0.25, 0.3) is 5.56 Å². The zero-order chi connectivity index (χ0) is 19.6. The molecule has 1 heterocycles. The molecule has 6 heteroatoms. The Morgan fingerprint density at radius 2 is 1.70 bits per heavy atom. The Balaban J connectivity index is 2.03. The van der Waals surface area contributed by atoms with Crippen LogP contribution in [0.25, 0.3) is 5.69 Å². The maximum atomic E-state index is 13.0. The predicted octanol–water partition coefficient (Wildman–Crippen LogP) is 4.20. The zero-order valence-corrected chi connectivity index (χ0v) is 15.4. The molecule has 0 bridgehead atoms. The first kappa shape index (κ1) is 18.4. The van der Waals surface area contributed by atoms with Crippen LogP contribution in [-0.2, 0) is 0 Å². The topological polar surface area (TPSA) is 72.1 Å². The van der Waals surface area contributed by atoms with Crippen LogP contribution in [0.15, 0.2) is 59.4 Å². The second kappa shape index (κ2) is 7.48. The number of aryl methyl sites for hydroxylation is 2. The maximum absolute atomic E-state index is 13.0. The molecule has 0 radical (unpaired) electrons. The van der Waals surface area contributed by atoms with Crippen LogP contribution >= 0.6 is 11.6 Å². The van der Waals surface area contributed by atoms with Crippen molar-refractivity contribution in [3.05, 3.63) is 92.4 Å². The second-order valence-corrected chi connectivity index (χ2v) is 6.42. The van der Waals surface area contributed by atoms with Crippen molar-refractivity contribution in [1.29, 1.82) is 5.26 Å². The fourth-order valence-corrected chi connectivity index (χ4v) is 2.93. The van der Waals surface area contributed by atoms with Gasteiger partial charge in [-0.15, -0.1) is 0 Å². The maximum Gasteiger partial charge on any atom is 0.349 e. The van der Waals surface area contributed by atoms with Crippen LogP contribution in [-0.4, -0.2) is 10.5 Å². The summed E-state index contributed by atoms with van der Waals surface area (Å²) in [5, 5.41) is 9.39. The Kier molecular flexibility index (Phi) is 5.11. The fourth-order valence-electron chi connectivity index (χ4n) is 2.81. The van der Waals surface area contributed by atoms with E-state index in [1.807, 2.05) is 6.07 Å². The molecular formula is C21H15ClN2O3. The molecule has 27 heavy (non-hydrogen) atoms. The number of aromatic nitrogens is 1. The van der Waals surface area contributed by atoms with Crippen LogP contribution in [0, 0.1) is 25.2 Å². The van der Waals surface area contributed by atoms with E-state index >= 15 is 0 Å². The Morgan fingerprint density at radius 3 is 2.30 bits per heavy atom. The Morgan fingerprint density at radius 1 is 1.07 bits per heavy atom. The number of pyridine rings is 1. The van der Waals surface area contributed by atoms with E-state index in [0.29, 0.717) is 27.5 Å². The predicted molar refractivity (Wildman–Crippen MR) is 103 cm³/mol. The molecule has 0 saturated carbocycles. The molecule has 1 aromatic heterocycles. The number of esters is 1. The van der Waals surface area contributed by atoms with E-state index in [-0.39, 0.29) is 11.3 Å². The first-order valence-electron chi connectivity index (χ1n) is 8.12. The van der Waals surface area contributed by atoms with Crippen molar-refractivity contribution in [1.82, 2.24) is 4.57 Å². The summed E-state index contributed by atoms with van der Waals surface area (Å²) in [6.07, 6.45) is 0. The van der Waals surface area contributed by atoms with Gasteiger partial charge in [0.05, 0.1) is 11.6 Å². The van der Waals surface area contributed by atoms with Crippen LogP contribution in [0.3, 0.4) is 0 Å². The van der Waals surface area contributed by atoms with Gasteiger partial charge in [-0.3, -0.25) is 9.36 Å². The summed E-state index contributed by atoms with van der Waals surface area (Å²) >= 11 is 5.92. The highest BCUT2D eigenvalue weighted by Crippen LogP contribution is 2.18. The third kappa shape index (κ3) is 3.76. The van der Waals surface area contributed by atoms with Gasteiger partial charge in [0.1, 0.15) is 11.3 Å². The van der Waals surface area contributed by atoms with Crippen LogP contribution in [0.5, 0.6) is 5.75 Å². The highest BCUT2D eigenvalue weighted by molar-refractivity contribution is 6.30. The van der Waals surface area contributed by atoms with E-state index in [1.165, 1.54) is 28.8 Å². The molecule has 0 N–H and O–H groups in total. The molecule has 0 saturated heterocycles. The van der Waals surface area contributed by atoms with Crippen molar-refractivity contribution in [3.63, 3.8) is 0 Å². The van der Waals surface area contributed by atoms with Crippen molar-refractivity contribution in [2.24, 2.45) is 0 Å². The number of nitriles is 1. The lowest BCUT2D eigenvalue weighted by Gasteiger charge is -2.14. The summed E-state index contributed by atoms with van der Waals surface area (Å²) in [7, 11) is 0. The lowest BCUT2D eigenvalue weighted by molar-refractivity contribution is 0.0731. The third-order valence-corrected chi connectivity index (χ3v) is 4.32. The summed E-state index contributed by atoms with van der Waals surface area (Å²) in [6.45, 7) is 3.48. The number of halogens is 1. The van der Waals surface area contributed by atoms with Crippen LogP contribution < -0.4 is 10.3 Å². The summed E-state index contributed by atoms with van der Waals surface area (Å²) in [4.78, 5) is 25.7. The van der Waals surface area contributed by atoms with Gasteiger partial charge in [0, 0.05) is 16.4 Å². The molecule has 0 unspecified atom stereocenters. The van der Waals surface area contributed by atoms with Gasteiger partial charge in [-0.1, -0.05) is 11.6 Å². The summed E-state index contributed by atoms with van der Waals surface area (Å²) in [6, 6.07) is 16.6. The Labute approximate surface area is 161 Å². The summed E-state index contributed by atoms with van der Waals surface area (Å²) < 4.78 is 6.77. The highest BCUT2D eigenvalue weighted by atomic mass is 35.5. The largest absolute Gasteiger partial charge is 0.423 e. The molecule has 0 spiro atoms. The van der Waals surface area contributed by atoms with Gasteiger partial charge in [0.15, 0.2) is 0 Å². The van der Waals surface area contributed by atoms with Gasteiger partial charge in [-0.05, 0) is 74.0 Å². The van der Waals surface area contributed by atoms with Crippen LogP contribution in [0.4, 0.5) is 0 Å². The minimum absolute atomic E-state index is 0.0418. The molecule has 3 aromatic rings. The average Bonchev–Trinajstić information content (AvgIpc) is 2.63. The number of hydrogen-bond acceptors (Lipinski definition) is 4. The van der Waals surface area contributed by atoms with Gasteiger partial charge in [-0.25, -0.2) is 4.79 Å². The molecule has 134 valence electrons. The molecule has 0 amide bonds. The zero-order valence-electron chi connectivity index (χ0n) is 14.7. The monoisotopic (exact) mass is 378 g/mol. The number of ether oxygens (including phenoxy) is 1. The number of benzene rings is 2. The van der Waals surface area contributed by atoms with Gasteiger partial charge in [0.2, 0.25) is 0 Å². The van der Waals surface area contributed by atoms with E-state index < -0.39 is 11.5 Å². The third-order valence-electron chi connectivity index (χ3n) is 4.07. The van der Waals surface area contributed by atoms with Crippen molar-refractivity contribution >= 4 is 17.6 Å². The molecule has 0 fully saturated rings. The Bertz CT molecular complexity index is 1110. The quantitative estimate of drug-likeness (QED) is 0.505.